The summed E-state index contributed by atoms with van der Waals surface area (Å²) >= 11 is 0. The van der Waals surface area contributed by atoms with Crippen molar-refractivity contribution in [2.24, 2.45) is 0 Å². The fourth-order valence-electron chi connectivity index (χ4n) is 3.35. The van der Waals surface area contributed by atoms with E-state index in [1.165, 1.54) is 29.8 Å². The predicted molar refractivity (Wildman–Crippen MR) is 120 cm³/mol. The van der Waals surface area contributed by atoms with E-state index in [0.29, 0.717) is 12.1 Å². The lowest BCUT2D eigenvalue weighted by atomic mass is 9.98. The summed E-state index contributed by atoms with van der Waals surface area (Å²) in [6.45, 7) is 1.22. The molecule has 1 aliphatic heterocycles. The first-order chi connectivity index (χ1) is 15.8. The summed E-state index contributed by atoms with van der Waals surface area (Å²) in [6.07, 6.45) is 0.826. The van der Waals surface area contributed by atoms with Gasteiger partial charge in [0.2, 0.25) is 15.9 Å². The maximum Gasteiger partial charge on any atom is 0.323 e. The Balaban J connectivity index is 1.46. The molecule has 2 amide bonds. The number of nitrogens with one attached hydrogen (secondary N) is 4. The normalized spacial score (nSPS) is 14.1. The minimum absolute atomic E-state index is 0.0491. The molecule has 33 heavy (non-hydrogen) atoms. The number of benzene rings is 2. The Morgan fingerprint density at radius 1 is 1.03 bits per heavy atom. The van der Waals surface area contributed by atoms with Crippen molar-refractivity contribution in [1.82, 2.24) is 20.7 Å². The van der Waals surface area contributed by atoms with Gasteiger partial charge < -0.3 is 21.1 Å². The Morgan fingerprint density at radius 2 is 1.79 bits per heavy atom. The van der Waals surface area contributed by atoms with Crippen molar-refractivity contribution in [3.8, 4) is 0 Å². The molecule has 0 bridgehead atoms. The van der Waals surface area contributed by atoms with Crippen LogP contribution in [0.1, 0.15) is 27.9 Å². The van der Waals surface area contributed by atoms with E-state index < -0.39 is 34.5 Å². The lowest BCUT2D eigenvalue weighted by molar-refractivity contribution is -0.138. The molecule has 2 aromatic carbocycles. The number of fused-ring (bicyclic) bond motifs is 1. The number of rotatable bonds is 10. The molecule has 0 spiro atoms. The largest absolute Gasteiger partial charge is 0.480 e. The van der Waals surface area contributed by atoms with Crippen LogP contribution in [0.5, 0.6) is 0 Å². The summed E-state index contributed by atoms with van der Waals surface area (Å²) in [5, 5.41) is 17.6. The molecular weight excluding hydrogens is 448 g/mol. The lowest BCUT2D eigenvalue weighted by Crippen LogP contribution is -2.48. The van der Waals surface area contributed by atoms with E-state index in [9.17, 15) is 27.9 Å². The molecule has 0 unspecified atom stereocenters. The average Bonchev–Trinajstić information content (AvgIpc) is 2.81. The summed E-state index contributed by atoms with van der Waals surface area (Å²) in [4.78, 5) is 35.8. The molecule has 0 aromatic heterocycles. The van der Waals surface area contributed by atoms with Crippen LogP contribution in [0.25, 0.3) is 0 Å². The Hall–Kier alpha value is -3.28. The first kappa shape index (κ1) is 24.4. The number of amides is 2. The molecule has 0 saturated heterocycles. The average molecular weight is 475 g/mol. The van der Waals surface area contributed by atoms with Crippen molar-refractivity contribution in [3.05, 3.63) is 65.2 Å². The molecule has 11 heteroatoms. The zero-order valence-corrected chi connectivity index (χ0v) is 18.7. The molecule has 0 radical (unpaired) electrons. The maximum atomic E-state index is 12.3. The van der Waals surface area contributed by atoms with Gasteiger partial charge in [0.15, 0.2) is 0 Å². The van der Waals surface area contributed by atoms with Gasteiger partial charge in [0, 0.05) is 31.6 Å². The van der Waals surface area contributed by atoms with E-state index in [1.54, 1.807) is 12.1 Å². The van der Waals surface area contributed by atoms with Crippen LogP contribution in [0, 0.1) is 0 Å². The Morgan fingerprint density at radius 3 is 2.52 bits per heavy atom. The molecule has 176 valence electrons. The predicted octanol–water partition coefficient (Wildman–Crippen LogP) is 0.000100. The number of hydrogen-bond donors (Lipinski definition) is 5. The lowest BCUT2D eigenvalue weighted by Gasteiger charge is -2.17. The Labute approximate surface area is 191 Å². The quantitative estimate of drug-likeness (QED) is 0.325. The molecule has 1 heterocycles. The van der Waals surface area contributed by atoms with Gasteiger partial charge in [0.05, 0.1) is 4.90 Å². The summed E-state index contributed by atoms with van der Waals surface area (Å²) < 4.78 is 26.7. The number of carboxylic acids is 1. The maximum absolute atomic E-state index is 12.3. The van der Waals surface area contributed by atoms with Gasteiger partial charge in [-0.15, -0.1) is 0 Å². The van der Waals surface area contributed by atoms with Crippen LogP contribution in [0.4, 0.5) is 0 Å². The molecule has 5 N–H and O–H groups in total. The molecule has 1 aliphatic rings. The highest BCUT2D eigenvalue weighted by Gasteiger charge is 2.25. The highest BCUT2D eigenvalue weighted by molar-refractivity contribution is 7.89. The topological polar surface area (TPSA) is 154 Å². The van der Waals surface area contributed by atoms with E-state index in [2.05, 4.69) is 20.7 Å². The smallest absolute Gasteiger partial charge is 0.323 e. The van der Waals surface area contributed by atoms with Crippen LogP contribution in [0.2, 0.25) is 0 Å². The molecule has 0 fully saturated rings. The summed E-state index contributed by atoms with van der Waals surface area (Å²) in [5.41, 5.74) is 2.78. The standard InChI is InChI=1S/C22H26N4O6S/c27-20(9-11-24-21(28)16-7-6-15-8-10-23-13-17(15)12-16)25-14-19(22(29)30)26-33(31,32)18-4-2-1-3-5-18/h1-7,12,19,23,26H,8-11,13-14H2,(H,24,28)(H,25,27)(H,29,30)/t19-/m1/s1. The Kier molecular flexibility index (Phi) is 8.15. The summed E-state index contributed by atoms with van der Waals surface area (Å²) in [7, 11) is -4.06. The summed E-state index contributed by atoms with van der Waals surface area (Å²) in [5.74, 6) is -2.25. The second kappa shape index (κ2) is 11.0. The van der Waals surface area contributed by atoms with Crippen molar-refractivity contribution in [3.63, 3.8) is 0 Å². The van der Waals surface area contributed by atoms with Crippen LogP contribution >= 0.6 is 0 Å². The Bertz CT molecular complexity index is 1120. The van der Waals surface area contributed by atoms with Crippen molar-refractivity contribution < 1.29 is 27.9 Å². The van der Waals surface area contributed by atoms with Crippen LogP contribution in [-0.4, -0.2) is 57.0 Å². The van der Waals surface area contributed by atoms with Crippen molar-refractivity contribution in [1.29, 1.82) is 0 Å². The van der Waals surface area contributed by atoms with Gasteiger partial charge in [-0.05, 0) is 48.4 Å². The highest BCUT2D eigenvalue weighted by atomic mass is 32.2. The first-order valence-corrected chi connectivity index (χ1v) is 11.9. The number of carboxylic acid groups (broad SMARTS) is 1. The van der Waals surface area contributed by atoms with Crippen molar-refractivity contribution in [2.45, 2.75) is 30.3 Å². The monoisotopic (exact) mass is 474 g/mol. The molecule has 2 aromatic rings. The van der Waals surface area contributed by atoms with Gasteiger partial charge in [0.1, 0.15) is 6.04 Å². The molecule has 1 atom stereocenters. The SMILES string of the molecule is O=C(CCNC(=O)c1ccc2c(c1)CNCC2)NC[C@@H](NS(=O)(=O)c1ccccc1)C(=O)O. The van der Waals surface area contributed by atoms with E-state index in [4.69, 9.17) is 0 Å². The fourth-order valence-corrected chi connectivity index (χ4v) is 4.56. The van der Waals surface area contributed by atoms with Crippen LogP contribution in [-0.2, 0) is 32.6 Å². The zero-order chi connectivity index (χ0) is 23.8. The number of sulfonamides is 1. The third-order valence-corrected chi connectivity index (χ3v) is 6.63. The van der Waals surface area contributed by atoms with Gasteiger partial charge in [0.25, 0.3) is 5.91 Å². The van der Waals surface area contributed by atoms with Crippen LogP contribution in [0.15, 0.2) is 53.4 Å². The van der Waals surface area contributed by atoms with Crippen LogP contribution in [0.3, 0.4) is 0 Å². The molecule has 3 rings (SSSR count). The molecule has 0 saturated carbocycles. The third-order valence-electron chi connectivity index (χ3n) is 5.15. The fraction of sp³-hybridized carbons (Fsp3) is 0.318. The summed E-state index contributed by atoms with van der Waals surface area (Å²) in [6, 6.07) is 11.3. The minimum atomic E-state index is -4.06. The zero-order valence-electron chi connectivity index (χ0n) is 17.8. The molecular formula is C22H26N4O6S. The van der Waals surface area contributed by atoms with Crippen molar-refractivity contribution >= 4 is 27.8 Å². The van der Waals surface area contributed by atoms with E-state index in [0.717, 1.165) is 18.5 Å². The number of carbonyl (C=O) groups is 3. The van der Waals surface area contributed by atoms with E-state index in [1.807, 2.05) is 12.1 Å². The molecule has 0 aliphatic carbocycles. The second-order valence-corrected chi connectivity index (χ2v) is 9.26. The van der Waals surface area contributed by atoms with Crippen molar-refractivity contribution in [2.75, 3.05) is 19.6 Å². The highest BCUT2D eigenvalue weighted by Crippen LogP contribution is 2.15. The van der Waals surface area contributed by atoms with Gasteiger partial charge in [-0.1, -0.05) is 24.3 Å². The number of carbonyl (C=O) groups excluding carboxylic acids is 2. The minimum Gasteiger partial charge on any atom is -0.480 e. The number of hydrogen-bond acceptors (Lipinski definition) is 6. The number of aliphatic carboxylic acids is 1. The van der Waals surface area contributed by atoms with Gasteiger partial charge >= 0.3 is 5.97 Å². The second-order valence-electron chi connectivity index (χ2n) is 7.55. The van der Waals surface area contributed by atoms with E-state index >= 15 is 0 Å². The first-order valence-electron chi connectivity index (χ1n) is 10.4. The van der Waals surface area contributed by atoms with Gasteiger partial charge in [-0.3, -0.25) is 14.4 Å². The van der Waals surface area contributed by atoms with Crippen LogP contribution < -0.4 is 20.7 Å². The van der Waals surface area contributed by atoms with Gasteiger partial charge in [-0.25, -0.2) is 8.42 Å². The third kappa shape index (κ3) is 6.85. The molecule has 10 nitrogen and oxygen atoms in total. The van der Waals surface area contributed by atoms with Gasteiger partial charge in [-0.2, -0.15) is 4.72 Å². The van der Waals surface area contributed by atoms with E-state index in [-0.39, 0.29) is 23.8 Å².